The molecule has 1 N–H and O–H groups in total. The molecule has 0 saturated carbocycles. The summed E-state index contributed by atoms with van der Waals surface area (Å²) in [4.78, 5) is 25.8. The Kier molecular flexibility index (Phi) is 8.00. The quantitative estimate of drug-likeness (QED) is 0.652. The topological polar surface area (TPSA) is 96.0 Å². The van der Waals surface area contributed by atoms with E-state index in [2.05, 4.69) is 5.32 Å². The Bertz CT molecular complexity index is 1050. The van der Waals surface area contributed by atoms with Crippen LogP contribution in [0.1, 0.15) is 35.3 Å². The van der Waals surface area contributed by atoms with Gasteiger partial charge < -0.3 is 15.0 Å². The van der Waals surface area contributed by atoms with E-state index < -0.39 is 10.0 Å². The predicted octanol–water partition coefficient (Wildman–Crippen LogP) is 2.01. The Hall–Kier alpha value is -2.75. The van der Waals surface area contributed by atoms with Gasteiger partial charge in [-0.25, -0.2) is 8.42 Å². The maximum absolute atomic E-state index is 12.9. The van der Waals surface area contributed by atoms with Gasteiger partial charge in [0, 0.05) is 51.8 Å². The Labute approximate surface area is 189 Å². The molecule has 0 bridgehead atoms. The van der Waals surface area contributed by atoms with Crippen molar-refractivity contribution < 1.29 is 22.7 Å². The summed E-state index contributed by atoms with van der Waals surface area (Å²) in [6.07, 6.45) is 0. The fourth-order valence-electron chi connectivity index (χ4n) is 3.53. The fourth-order valence-corrected chi connectivity index (χ4v) is 4.95. The summed E-state index contributed by atoms with van der Waals surface area (Å²) in [7, 11) is -3.67. The van der Waals surface area contributed by atoms with Gasteiger partial charge in [0.15, 0.2) is 0 Å². The summed E-state index contributed by atoms with van der Waals surface area (Å²) in [5.74, 6) is -0.340. The molecule has 2 aromatic rings. The molecule has 2 amide bonds. The molecule has 9 heteroatoms. The summed E-state index contributed by atoms with van der Waals surface area (Å²) in [5.41, 5.74) is 2.37. The first-order valence-electron chi connectivity index (χ1n) is 10.6. The molecule has 1 heterocycles. The smallest absolute Gasteiger partial charge is 0.251 e. The number of hydrogen-bond acceptors (Lipinski definition) is 5. The van der Waals surface area contributed by atoms with E-state index in [1.54, 1.807) is 4.90 Å². The number of carbonyl (C=O) groups is 2. The lowest BCUT2D eigenvalue weighted by atomic mass is 10.1. The van der Waals surface area contributed by atoms with E-state index in [1.165, 1.54) is 35.5 Å². The molecule has 0 spiro atoms. The highest BCUT2D eigenvalue weighted by atomic mass is 32.2. The summed E-state index contributed by atoms with van der Waals surface area (Å²) >= 11 is 0. The molecular weight excluding hydrogens is 430 g/mol. The Morgan fingerprint density at radius 1 is 0.969 bits per heavy atom. The molecule has 1 aliphatic rings. The van der Waals surface area contributed by atoms with Crippen molar-refractivity contribution in [3.63, 3.8) is 0 Å². The van der Waals surface area contributed by atoms with Gasteiger partial charge in [-0.1, -0.05) is 24.3 Å². The lowest BCUT2D eigenvalue weighted by Crippen LogP contribution is -2.49. The van der Waals surface area contributed by atoms with Gasteiger partial charge in [0.1, 0.15) is 0 Å². The van der Waals surface area contributed by atoms with Crippen LogP contribution in [-0.4, -0.2) is 62.2 Å². The van der Waals surface area contributed by atoms with Crippen molar-refractivity contribution in [2.24, 2.45) is 0 Å². The number of rotatable bonds is 8. The van der Waals surface area contributed by atoms with Crippen LogP contribution in [0.4, 0.5) is 0 Å². The highest BCUT2D eigenvalue weighted by Crippen LogP contribution is 2.19. The monoisotopic (exact) mass is 459 g/mol. The minimum atomic E-state index is -3.67. The number of nitrogens with zero attached hydrogens (tertiary/aromatic N) is 2. The molecule has 1 fully saturated rings. The van der Waals surface area contributed by atoms with Gasteiger partial charge in [-0.05, 0) is 42.3 Å². The molecule has 1 aliphatic heterocycles. The third kappa shape index (κ3) is 5.73. The number of hydrogen-bond donors (Lipinski definition) is 1. The van der Waals surface area contributed by atoms with Crippen LogP contribution in [0.25, 0.3) is 0 Å². The van der Waals surface area contributed by atoms with E-state index in [1.807, 2.05) is 31.2 Å². The zero-order valence-corrected chi connectivity index (χ0v) is 19.2. The van der Waals surface area contributed by atoms with Crippen molar-refractivity contribution in [1.29, 1.82) is 0 Å². The molecule has 0 atom stereocenters. The second-order valence-corrected chi connectivity index (χ2v) is 9.46. The predicted molar refractivity (Wildman–Crippen MR) is 120 cm³/mol. The first-order valence-corrected chi connectivity index (χ1v) is 12.1. The van der Waals surface area contributed by atoms with Gasteiger partial charge in [-0.15, -0.1) is 0 Å². The molecule has 0 radical (unpaired) electrons. The Balaban J connectivity index is 1.62. The molecule has 0 unspecified atom stereocenters. The first-order chi connectivity index (χ1) is 15.3. The second kappa shape index (κ2) is 10.7. The summed E-state index contributed by atoms with van der Waals surface area (Å²) < 4.78 is 32.6. The number of sulfonamides is 1. The van der Waals surface area contributed by atoms with Crippen LogP contribution >= 0.6 is 0 Å². The number of amides is 2. The maximum Gasteiger partial charge on any atom is 0.251 e. The lowest BCUT2D eigenvalue weighted by Gasteiger charge is -2.33. The third-order valence-electron chi connectivity index (χ3n) is 5.46. The number of carbonyl (C=O) groups excluding carboxylic acids is 2. The van der Waals surface area contributed by atoms with Crippen molar-refractivity contribution in [2.75, 3.05) is 32.8 Å². The molecule has 172 valence electrons. The molecule has 8 nitrogen and oxygen atoms in total. The van der Waals surface area contributed by atoms with E-state index in [9.17, 15) is 18.0 Å². The average molecular weight is 460 g/mol. The van der Waals surface area contributed by atoms with Crippen molar-refractivity contribution in [3.8, 4) is 0 Å². The van der Waals surface area contributed by atoms with Crippen LogP contribution < -0.4 is 5.32 Å². The van der Waals surface area contributed by atoms with Crippen molar-refractivity contribution in [1.82, 2.24) is 14.5 Å². The van der Waals surface area contributed by atoms with Crippen LogP contribution in [0.2, 0.25) is 0 Å². The van der Waals surface area contributed by atoms with Gasteiger partial charge in [0.05, 0.1) is 11.5 Å². The molecule has 2 aromatic carbocycles. The van der Waals surface area contributed by atoms with Crippen LogP contribution in [0.3, 0.4) is 0 Å². The van der Waals surface area contributed by atoms with Gasteiger partial charge in [-0.2, -0.15) is 4.31 Å². The summed E-state index contributed by atoms with van der Waals surface area (Å²) in [5, 5.41) is 2.88. The number of piperazine rings is 1. The number of benzene rings is 2. The fraction of sp³-hybridized carbons (Fsp3) is 0.391. The average Bonchev–Trinajstić information content (AvgIpc) is 2.81. The van der Waals surface area contributed by atoms with Crippen LogP contribution in [0.5, 0.6) is 0 Å². The van der Waals surface area contributed by atoms with Crippen LogP contribution in [0, 0.1) is 0 Å². The maximum atomic E-state index is 12.9. The van der Waals surface area contributed by atoms with Gasteiger partial charge in [0.2, 0.25) is 15.9 Å². The first kappa shape index (κ1) is 23.9. The van der Waals surface area contributed by atoms with Gasteiger partial charge in [0.25, 0.3) is 5.91 Å². The van der Waals surface area contributed by atoms with Crippen LogP contribution in [0.15, 0.2) is 53.4 Å². The van der Waals surface area contributed by atoms with Crippen LogP contribution in [-0.2, 0) is 32.7 Å². The zero-order chi connectivity index (χ0) is 23.1. The van der Waals surface area contributed by atoms with E-state index in [0.717, 1.165) is 11.1 Å². The Morgan fingerprint density at radius 3 is 2.19 bits per heavy atom. The molecular formula is C23H29N3O5S. The van der Waals surface area contributed by atoms with E-state index in [-0.39, 0.29) is 29.8 Å². The van der Waals surface area contributed by atoms with Crippen molar-refractivity contribution in [3.05, 3.63) is 65.2 Å². The highest BCUT2D eigenvalue weighted by Gasteiger charge is 2.29. The standard InChI is InChI=1S/C23H29N3O5S/c1-3-31-17-21-7-5-4-6-20(21)16-24-23(28)19-8-10-22(11-9-19)32(29,30)26-14-12-25(13-15-26)18(2)27/h4-11H,3,12-17H2,1-2H3,(H,24,28). The molecule has 32 heavy (non-hydrogen) atoms. The van der Waals surface area contributed by atoms with E-state index in [4.69, 9.17) is 4.74 Å². The van der Waals surface area contributed by atoms with E-state index >= 15 is 0 Å². The van der Waals surface area contributed by atoms with Crippen molar-refractivity contribution in [2.45, 2.75) is 31.9 Å². The minimum Gasteiger partial charge on any atom is -0.377 e. The van der Waals surface area contributed by atoms with Crippen molar-refractivity contribution >= 4 is 21.8 Å². The SMILES string of the molecule is CCOCc1ccccc1CNC(=O)c1ccc(S(=O)(=O)N2CCN(C(C)=O)CC2)cc1. The third-order valence-corrected chi connectivity index (χ3v) is 7.37. The summed E-state index contributed by atoms with van der Waals surface area (Å²) in [6, 6.07) is 13.7. The minimum absolute atomic E-state index is 0.0575. The zero-order valence-electron chi connectivity index (χ0n) is 18.4. The largest absolute Gasteiger partial charge is 0.377 e. The second-order valence-electron chi connectivity index (χ2n) is 7.52. The molecule has 1 saturated heterocycles. The number of nitrogens with one attached hydrogen (secondary N) is 1. The number of ether oxygens (including phenoxy) is 1. The highest BCUT2D eigenvalue weighted by molar-refractivity contribution is 7.89. The lowest BCUT2D eigenvalue weighted by molar-refractivity contribution is -0.129. The molecule has 0 aliphatic carbocycles. The van der Waals surface area contributed by atoms with Gasteiger partial charge >= 0.3 is 0 Å². The Morgan fingerprint density at radius 2 is 1.59 bits per heavy atom. The van der Waals surface area contributed by atoms with Gasteiger partial charge in [-0.3, -0.25) is 9.59 Å². The normalized spacial score (nSPS) is 14.9. The molecule has 0 aromatic heterocycles. The van der Waals surface area contributed by atoms with E-state index in [0.29, 0.717) is 38.4 Å². The summed E-state index contributed by atoms with van der Waals surface area (Å²) in [6.45, 7) is 6.11. The molecule has 3 rings (SSSR count).